The number of hydrogen-bond acceptors (Lipinski definition) is 3. The lowest BCUT2D eigenvalue weighted by Gasteiger charge is -2.21. The Morgan fingerprint density at radius 3 is 2.82 bits per heavy atom. The van der Waals surface area contributed by atoms with Crippen LogP contribution in [-0.2, 0) is 6.54 Å². The minimum atomic E-state index is 0.626. The number of halogens is 1. The van der Waals surface area contributed by atoms with Crippen molar-refractivity contribution in [3.05, 3.63) is 22.8 Å². The van der Waals surface area contributed by atoms with Crippen molar-refractivity contribution in [2.75, 3.05) is 18.9 Å². The second-order valence-electron chi connectivity index (χ2n) is 4.99. The SMILES string of the molecule is CNc1ccc(Cl)c(CN2CC(C)CC2C)n1. The molecule has 0 aliphatic carbocycles. The summed E-state index contributed by atoms with van der Waals surface area (Å²) in [6, 6.07) is 4.45. The first kappa shape index (κ1) is 12.7. The largest absolute Gasteiger partial charge is 0.373 e. The van der Waals surface area contributed by atoms with Gasteiger partial charge in [-0.15, -0.1) is 0 Å². The Balaban J connectivity index is 2.12. The van der Waals surface area contributed by atoms with Crippen LogP contribution in [0.5, 0.6) is 0 Å². The summed E-state index contributed by atoms with van der Waals surface area (Å²) in [6.07, 6.45) is 1.27. The highest BCUT2D eigenvalue weighted by Crippen LogP contribution is 2.26. The fourth-order valence-corrected chi connectivity index (χ4v) is 2.70. The molecule has 2 unspecified atom stereocenters. The molecule has 1 aromatic heterocycles. The number of hydrogen-bond donors (Lipinski definition) is 1. The van der Waals surface area contributed by atoms with Crippen LogP contribution >= 0.6 is 11.6 Å². The third-order valence-corrected chi connectivity index (χ3v) is 3.78. The monoisotopic (exact) mass is 253 g/mol. The van der Waals surface area contributed by atoms with Gasteiger partial charge in [0.15, 0.2) is 0 Å². The fraction of sp³-hybridized carbons (Fsp3) is 0.615. The average molecular weight is 254 g/mol. The van der Waals surface area contributed by atoms with E-state index in [1.165, 1.54) is 6.42 Å². The quantitative estimate of drug-likeness (QED) is 0.898. The van der Waals surface area contributed by atoms with Crippen molar-refractivity contribution in [3.63, 3.8) is 0 Å². The molecule has 0 saturated carbocycles. The molecule has 1 fully saturated rings. The first-order chi connectivity index (χ1) is 8.10. The Bertz CT molecular complexity index is 394. The zero-order valence-electron chi connectivity index (χ0n) is 10.7. The maximum atomic E-state index is 6.20. The van der Waals surface area contributed by atoms with Crippen molar-refractivity contribution in [2.45, 2.75) is 32.9 Å². The van der Waals surface area contributed by atoms with Gasteiger partial charge in [0.05, 0.1) is 10.7 Å². The van der Waals surface area contributed by atoms with Crippen LogP contribution in [-0.4, -0.2) is 29.5 Å². The molecular weight excluding hydrogens is 234 g/mol. The summed E-state index contributed by atoms with van der Waals surface area (Å²) in [5.74, 6) is 1.65. The lowest BCUT2D eigenvalue weighted by atomic mass is 10.1. The second kappa shape index (κ2) is 5.23. The highest BCUT2D eigenvalue weighted by Gasteiger charge is 2.26. The summed E-state index contributed by atoms with van der Waals surface area (Å²) in [5.41, 5.74) is 0.972. The van der Waals surface area contributed by atoms with Gasteiger partial charge in [0.1, 0.15) is 5.82 Å². The van der Waals surface area contributed by atoms with Gasteiger partial charge in [0, 0.05) is 26.2 Å². The molecule has 1 saturated heterocycles. The number of aromatic nitrogens is 1. The normalized spacial score (nSPS) is 25.2. The van der Waals surface area contributed by atoms with Gasteiger partial charge in [-0.2, -0.15) is 0 Å². The van der Waals surface area contributed by atoms with Crippen LogP contribution in [0.15, 0.2) is 12.1 Å². The van der Waals surface area contributed by atoms with E-state index in [1.54, 1.807) is 0 Å². The van der Waals surface area contributed by atoms with Crippen molar-refractivity contribution >= 4 is 17.4 Å². The van der Waals surface area contributed by atoms with Crippen LogP contribution in [0.1, 0.15) is 26.0 Å². The van der Waals surface area contributed by atoms with E-state index < -0.39 is 0 Å². The zero-order valence-corrected chi connectivity index (χ0v) is 11.5. The van der Waals surface area contributed by atoms with Gasteiger partial charge >= 0.3 is 0 Å². The van der Waals surface area contributed by atoms with Gasteiger partial charge in [0.2, 0.25) is 0 Å². The average Bonchev–Trinajstić information content (AvgIpc) is 2.60. The van der Waals surface area contributed by atoms with Crippen LogP contribution in [0, 0.1) is 5.92 Å². The molecule has 2 rings (SSSR count). The molecule has 1 aliphatic rings. The molecular formula is C13H20ClN3. The van der Waals surface area contributed by atoms with Crippen molar-refractivity contribution in [1.29, 1.82) is 0 Å². The minimum absolute atomic E-state index is 0.626. The maximum Gasteiger partial charge on any atom is 0.126 e. The van der Waals surface area contributed by atoms with Gasteiger partial charge in [-0.3, -0.25) is 4.90 Å². The summed E-state index contributed by atoms with van der Waals surface area (Å²) < 4.78 is 0. The van der Waals surface area contributed by atoms with E-state index in [4.69, 9.17) is 11.6 Å². The van der Waals surface area contributed by atoms with E-state index in [0.29, 0.717) is 6.04 Å². The molecule has 17 heavy (non-hydrogen) atoms. The van der Waals surface area contributed by atoms with Crippen molar-refractivity contribution < 1.29 is 0 Å². The van der Waals surface area contributed by atoms with Gasteiger partial charge in [0.25, 0.3) is 0 Å². The molecule has 1 aliphatic heterocycles. The van der Waals surface area contributed by atoms with Gasteiger partial charge in [-0.05, 0) is 31.4 Å². The predicted molar refractivity (Wildman–Crippen MR) is 72.4 cm³/mol. The Morgan fingerprint density at radius 2 is 2.24 bits per heavy atom. The molecule has 0 bridgehead atoms. The summed E-state index contributed by atoms with van der Waals surface area (Å²) in [4.78, 5) is 6.99. The summed E-state index contributed by atoms with van der Waals surface area (Å²) >= 11 is 6.20. The predicted octanol–water partition coefficient (Wildman–Crippen LogP) is 3.01. The number of nitrogens with one attached hydrogen (secondary N) is 1. The summed E-state index contributed by atoms with van der Waals surface area (Å²) in [7, 11) is 1.88. The zero-order chi connectivity index (χ0) is 12.4. The van der Waals surface area contributed by atoms with E-state index in [-0.39, 0.29) is 0 Å². The molecule has 1 N–H and O–H groups in total. The minimum Gasteiger partial charge on any atom is -0.373 e. The molecule has 0 amide bonds. The third-order valence-electron chi connectivity index (χ3n) is 3.44. The molecule has 94 valence electrons. The van der Waals surface area contributed by atoms with Crippen LogP contribution in [0.4, 0.5) is 5.82 Å². The highest BCUT2D eigenvalue weighted by molar-refractivity contribution is 6.31. The first-order valence-corrected chi connectivity index (χ1v) is 6.55. The van der Waals surface area contributed by atoms with Crippen LogP contribution in [0.2, 0.25) is 5.02 Å². The lowest BCUT2D eigenvalue weighted by molar-refractivity contribution is 0.254. The van der Waals surface area contributed by atoms with Gasteiger partial charge in [-0.1, -0.05) is 18.5 Å². The van der Waals surface area contributed by atoms with Gasteiger partial charge in [-0.25, -0.2) is 4.98 Å². The van der Waals surface area contributed by atoms with Crippen LogP contribution in [0.25, 0.3) is 0 Å². The Morgan fingerprint density at radius 1 is 1.47 bits per heavy atom. The van der Waals surface area contributed by atoms with Crippen LogP contribution in [0.3, 0.4) is 0 Å². The Labute approximate surface area is 108 Å². The van der Waals surface area contributed by atoms with E-state index in [2.05, 4.69) is 29.0 Å². The molecule has 2 heterocycles. The van der Waals surface area contributed by atoms with Crippen LogP contribution < -0.4 is 5.32 Å². The first-order valence-electron chi connectivity index (χ1n) is 6.17. The molecule has 0 spiro atoms. The van der Waals surface area contributed by atoms with Crippen molar-refractivity contribution in [2.24, 2.45) is 5.92 Å². The van der Waals surface area contributed by atoms with Crippen molar-refractivity contribution in [3.8, 4) is 0 Å². The van der Waals surface area contributed by atoms with E-state index in [9.17, 15) is 0 Å². The molecule has 1 aromatic rings. The topological polar surface area (TPSA) is 28.2 Å². The van der Waals surface area contributed by atoms with E-state index in [1.807, 2.05) is 19.2 Å². The van der Waals surface area contributed by atoms with E-state index in [0.717, 1.165) is 35.5 Å². The van der Waals surface area contributed by atoms with E-state index >= 15 is 0 Å². The second-order valence-corrected chi connectivity index (χ2v) is 5.40. The number of pyridine rings is 1. The number of anilines is 1. The fourth-order valence-electron chi connectivity index (χ4n) is 2.53. The third kappa shape index (κ3) is 2.90. The number of rotatable bonds is 3. The van der Waals surface area contributed by atoms with Gasteiger partial charge < -0.3 is 5.32 Å². The summed E-state index contributed by atoms with van der Waals surface area (Å²) in [5, 5.41) is 3.81. The molecule has 0 radical (unpaired) electrons. The summed E-state index contributed by atoms with van der Waals surface area (Å²) in [6.45, 7) is 6.57. The molecule has 0 aromatic carbocycles. The molecule has 4 heteroatoms. The Hall–Kier alpha value is -0.800. The number of likely N-dealkylation sites (tertiary alicyclic amines) is 1. The number of nitrogens with zero attached hydrogens (tertiary/aromatic N) is 2. The standard InChI is InChI=1S/C13H20ClN3/c1-9-6-10(2)17(7-9)8-12-11(14)4-5-13(15-3)16-12/h4-5,9-10H,6-8H2,1-3H3,(H,15,16). The molecule has 3 nitrogen and oxygen atoms in total. The smallest absolute Gasteiger partial charge is 0.126 e. The maximum absolute atomic E-state index is 6.20. The van der Waals surface area contributed by atoms with Crippen molar-refractivity contribution in [1.82, 2.24) is 9.88 Å². The lowest BCUT2D eigenvalue weighted by Crippen LogP contribution is -2.27. The molecule has 2 atom stereocenters. The Kier molecular flexibility index (Phi) is 3.89. The highest BCUT2D eigenvalue weighted by atomic mass is 35.5.